The third kappa shape index (κ3) is 60.4. The molecule has 0 N–H and O–H groups in total. The normalized spacial score (nSPS) is 12.2. The fraction of sp³-hybridized carbons (Fsp3) is 0.866. The maximum atomic E-state index is 12.9. The third-order valence-corrected chi connectivity index (χ3v) is 14.6. The van der Waals surface area contributed by atoms with Crippen LogP contribution in [-0.4, -0.2) is 37.2 Å². The first-order valence-corrected chi connectivity index (χ1v) is 32.5. The van der Waals surface area contributed by atoms with Gasteiger partial charge in [-0.2, -0.15) is 0 Å². The predicted octanol–water partition coefficient (Wildman–Crippen LogP) is 22.0. The molecule has 0 aromatic carbocycles. The molecule has 0 fully saturated rings. The predicted molar refractivity (Wildman–Crippen MR) is 316 cm³/mol. The van der Waals surface area contributed by atoms with Crippen molar-refractivity contribution in [2.45, 2.75) is 361 Å². The van der Waals surface area contributed by atoms with E-state index in [4.69, 9.17) is 14.2 Å². The zero-order valence-corrected chi connectivity index (χ0v) is 49.2. The van der Waals surface area contributed by atoms with Crippen LogP contribution >= 0.6 is 0 Å². The van der Waals surface area contributed by atoms with Crippen molar-refractivity contribution < 1.29 is 28.6 Å². The van der Waals surface area contributed by atoms with Crippen LogP contribution < -0.4 is 0 Å². The van der Waals surface area contributed by atoms with Crippen LogP contribution in [0.15, 0.2) is 36.5 Å². The second-order valence-corrected chi connectivity index (χ2v) is 22.0. The first-order chi connectivity index (χ1) is 36.0. The number of allylic oxidation sites excluding steroid dienone is 6. The molecular formula is C67H124O6. The molecule has 0 aliphatic rings. The monoisotopic (exact) mass is 1020 g/mol. The number of esters is 3. The van der Waals surface area contributed by atoms with Gasteiger partial charge >= 0.3 is 17.9 Å². The molecule has 0 bridgehead atoms. The molecule has 0 saturated heterocycles. The van der Waals surface area contributed by atoms with Crippen molar-refractivity contribution in [3.8, 4) is 0 Å². The van der Waals surface area contributed by atoms with Crippen molar-refractivity contribution in [1.82, 2.24) is 0 Å². The van der Waals surface area contributed by atoms with Gasteiger partial charge in [0, 0.05) is 19.3 Å². The molecule has 0 spiro atoms. The lowest BCUT2D eigenvalue weighted by molar-refractivity contribution is -0.167. The van der Waals surface area contributed by atoms with Gasteiger partial charge in [-0.15, -0.1) is 0 Å². The van der Waals surface area contributed by atoms with E-state index in [2.05, 4.69) is 57.2 Å². The molecule has 0 aromatic heterocycles. The highest BCUT2D eigenvalue weighted by Crippen LogP contribution is 2.17. The van der Waals surface area contributed by atoms with Crippen LogP contribution in [0.4, 0.5) is 0 Å². The van der Waals surface area contributed by atoms with E-state index in [1.807, 2.05) is 0 Å². The zero-order chi connectivity index (χ0) is 52.9. The second kappa shape index (κ2) is 62.2. The SMILES string of the molecule is CCCCCC/C=C\C/C=C\CCCCCCCCCC(=O)OC(COC(=O)CCCCCCCCCCC/C=C\CCCCCCCCCC)COC(=O)CCCCCCCCCCCCCCCCCC. The Morgan fingerprint density at radius 3 is 0.781 bits per heavy atom. The largest absolute Gasteiger partial charge is 0.462 e. The summed E-state index contributed by atoms with van der Waals surface area (Å²) in [6.45, 7) is 6.68. The fourth-order valence-corrected chi connectivity index (χ4v) is 9.71. The quantitative estimate of drug-likeness (QED) is 0.0261. The van der Waals surface area contributed by atoms with Gasteiger partial charge in [0.05, 0.1) is 0 Å². The minimum atomic E-state index is -0.775. The summed E-state index contributed by atoms with van der Waals surface area (Å²) >= 11 is 0. The van der Waals surface area contributed by atoms with Crippen molar-refractivity contribution in [2.75, 3.05) is 13.2 Å². The van der Waals surface area contributed by atoms with Crippen LogP contribution in [0.1, 0.15) is 355 Å². The average molecular weight is 1030 g/mol. The van der Waals surface area contributed by atoms with Crippen LogP contribution in [0, 0.1) is 0 Å². The summed E-state index contributed by atoms with van der Waals surface area (Å²) in [5.74, 6) is -0.857. The fourth-order valence-electron chi connectivity index (χ4n) is 9.71. The molecule has 1 unspecified atom stereocenters. The Morgan fingerprint density at radius 1 is 0.274 bits per heavy atom. The maximum absolute atomic E-state index is 12.9. The summed E-state index contributed by atoms with van der Waals surface area (Å²) in [5.41, 5.74) is 0. The van der Waals surface area contributed by atoms with Gasteiger partial charge in [-0.25, -0.2) is 0 Å². The number of rotatable bonds is 60. The molecular weight excluding hydrogens is 901 g/mol. The van der Waals surface area contributed by atoms with Crippen LogP contribution in [0.5, 0.6) is 0 Å². The molecule has 73 heavy (non-hydrogen) atoms. The van der Waals surface area contributed by atoms with Gasteiger partial charge in [0.2, 0.25) is 0 Å². The van der Waals surface area contributed by atoms with Gasteiger partial charge in [-0.3, -0.25) is 14.4 Å². The standard InChI is InChI=1S/C67H124O6/c1-4-7-10-13-16-19-22-25-28-31-33-34-35-37-39-42-45-48-51-54-57-60-66(69)72-63-64(62-71-65(68)59-56-53-50-47-44-41-38-30-27-24-21-18-15-12-9-6-3)73-67(70)61-58-55-52-49-46-43-40-36-32-29-26-23-20-17-14-11-8-5-2/h20,23,29,31-33,64H,4-19,21-22,24-28,30,34-63H2,1-3H3/b23-20-,32-29-,33-31-. The summed E-state index contributed by atoms with van der Waals surface area (Å²) in [6.07, 6.45) is 75.7. The first-order valence-electron chi connectivity index (χ1n) is 32.5. The Morgan fingerprint density at radius 2 is 0.493 bits per heavy atom. The van der Waals surface area contributed by atoms with Crippen LogP contribution in [0.3, 0.4) is 0 Å². The molecule has 6 heteroatoms. The smallest absolute Gasteiger partial charge is 0.306 e. The first kappa shape index (κ1) is 70.6. The summed E-state index contributed by atoms with van der Waals surface area (Å²) in [4.78, 5) is 38.3. The summed E-state index contributed by atoms with van der Waals surface area (Å²) in [5, 5.41) is 0. The van der Waals surface area contributed by atoms with Gasteiger partial charge in [0.25, 0.3) is 0 Å². The van der Waals surface area contributed by atoms with Crippen molar-refractivity contribution in [1.29, 1.82) is 0 Å². The van der Waals surface area contributed by atoms with E-state index in [1.165, 1.54) is 244 Å². The molecule has 0 aliphatic heterocycles. The molecule has 0 saturated carbocycles. The van der Waals surface area contributed by atoms with Gasteiger partial charge in [0.15, 0.2) is 6.10 Å². The van der Waals surface area contributed by atoms with E-state index in [1.54, 1.807) is 0 Å². The minimum Gasteiger partial charge on any atom is -0.462 e. The van der Waals surface area contributed by atoms with Crippen molar-refractivity contribution in [3.05, 3.63) is 36.5 Å². The van der Waals surface area contributed by atoms with Crippen LogP contribution in [0.25, 0.3) is 0 Å². The highest BCUT2D eigenvalue weighted by Gasteiger charge is 2.19. The molecule has 0 heterocycles. The van der Waals surface area contributed by atoms with Gasteiger partial charge in [-0.05, 0) is 77.0 Å². The van der Waals surface area contributed by atoms with Crippen molar-refractivity contribution in [2.24, 2.45) is 0 Å². The lowest BCUT2D eigenvalue weighted by Crippen LogP contribution is -2.30. The highest BCUT2D eigenvalue weighted by atomic mass is 16.6. The minimum absolute atomic E-state index is 0.0716. The summed E-state index contributed by atoms with van der Waals surface area (Å²) in [6, 6.07) is 0. The zero-order valence-electron chi connectivity index (χ0n) is 49.2. The van der Waals surface area contributed by atoms with E-state index in [0.29, 0.717) is 19.3 Å². The number of ether oxygens (including phenoxy) is 3. The maximum Gasteiger partial charge on any atom is 0.306 e. The number of hydrogen-bond acceptors (Lipinski definition) is 6. The molecule has 0 rings (SSSR count). The lowest BCUT2D eigenvalue weighted by Gasteiger charge is -2.18. The van der Waals surface area contributed by atoms with Gasteiger partial charge in [-0.1, -0.05) is 295 Å². The van der Waals surface area contributed by atoms with Crippen molar-refractivity contribution in [3.63, 3.8) is 0 Å². The topological polar surface area (TPSA) is 78.9 Å². The lowest BCUT2D eigenvalue weighted by atomic mass is 10.0. The highest BCUT2D eigenvalue weighted by molar-refractivity contribution is 5.71. The van der Waals surface area contributed by atoms with E-state index in [-0.39, 0.29) is 31.1 Å². The van der Waals surface area contributed by atoms with Crippen LogP contribution in [-0.2, 0) is 28.6 Å². The molecule has 6 nitrogen and oxygen atoms in total. The molecule has 0 radical (unpaired) electrons. The molecule has 0 amide bonds. The third-order valence-electron chi connectivity index (χ3n) is 14.6. The Kier molecular flexibility index (Phi) is 60.2. The van der Waals surface area contributed by atoms with E-state index < -0.39 is 6.10 Å². The molecule has 0 aliphatic carbocycles. The summed E-state index contributed by atoms with van der Waals surface area (Å²) < 4.78 is 17.0. The van der Waals surface area contributed by atoms with Crippen LogP contribution in [0.2, 0.25) is 0 Å². The number of unbranched alkanes of at least 4 members (excludes halogenated alkanes) is 43. The van der Waals surface area contributed by atoms with E-state index in [0.717, 1.165) is 70.6 Å². The number of carbonyl (C=O) groups excluding carboxylic acids is 3. The Bertz CT molecular complexity index is 1220. The van der Waals surface area contributed by atoms with Crippen molar-refractivity contribution >= 4 is 17.9 Å². The van der Waals surface area contributed by atoms with E-state index >= 15 is 0 Å². The Balaban J connectivity index is 4.33. The van der Waals surface area contributed by atoms with Gasteiger partial charge in [0.1, 0.15) is 13.2 Å². The second-order valence-electron chi connectivity index (χ2n) is 22.0. The number of hydrogen-bond donors (Lipinski definition) is 0. The molecule has 1 atom stereocenters. The number of carbonyl (C=O) groups is 3. The molecule has 428 valence electrons. The van der Waals surface area contributed by atoms with Gasteiger partial charge < -0.3 is 14.2 Å². The Labute approximate surface area is 455 Å². The average Bonchev–Trinajstić information content (AvgIpc) is 3.39. The Hall–Kier alpha value is -2.37. The molecule has 0 aromatic rings. The van der Waals surface area contributed by atoms with E-state index in [9.17, 15) is 14.4 Å². The summed E-state index contributed by atoms with van der Waals surface area (Å²) in [7, 11) is 0.